The summed E-state index contributed by atoms with van der Waals surface area (Å²) in [5.41, 5.74) is 7.05. The summed E-state index contributed by atoms with van der Waals surface area (Å²) in [6.07, 6.45) is 9.52. The Labute approximate surface area is 128 Å². The van der Waals surface area contributed by atoms with E-state index in [9.17, 15) is 0 Å². The summed E-state index contributed by atoms with van der Waals surface area (Å²) in [6, 6.07) is 6.95. The first kappa shape index (κ1) is 14.2. The lowest BCUT2D eigenvalue weighted by Crippen LogP contribution is -2.27. The summed E-state index contributed by atoms with van der Waals surface area (Å²) < 4.78 is 0. The van der Waals surface area contributed by atoms with Gasteiger partial charge in [-0.15, -0.1) is 0 Å². The van der Waals surface area contributed by atoms with E-state index in [-0.39, 0.29) is 0 Å². The molecule has 21 heavy (non-hydrogen) atoms. The number of hydrogen-bond acceptors (Lipinski definition) is 1. The predicted molar refractivity (Wildman–Crippen MR) is 91.2 cm³/mol. The van der Waals surface area contributed by atoms with Crippen LogP contribution in [0.5, 0.6) is 0 Å². The number of fused-ring (bicyclic) bond motifs is 3. The van der Waals surface area contributed by atoms with Crippen LogP contribution in [0.3, 0.4) is 0 Å². The molecule has 0 radical (unpaired) electrons. The minimum atomic E-state index is 0.500. The van der Waals surface area contributed by atoms with E-state index in [2.05, 4.69) is 75.1 Å². The van der Waals surface area contributed by atoms with Gasteiger partial charge in [0.15, 0.2) is 0 Å². The maximum absolute atomic E-state index is 2.48. The smallest absolute Gasteiger partial charge is 0.0408 e. The summed E-state index contributed by atoms with van der Waals surface area (Å²) in [5.74, 6) is 1.00. The highest BCUT2D eigenvalue weighted by Crippen LogP contribution is 2.43. The highest BCUT2D eigenvalue weighted by Gasteiger charge is 2.29. The molecule has 110 valence electrons. The van der Waals surface area contributed by atoms with Crippen molar-refractivity contribution in [3.05, 3.63) is 64.8 Å². The molecule has 0 heterocycles. The van der Waals surface area contributed by atoms with E-state index in [1.165, 1.54) is 28.0 Å². The van der Waals surface area contributed by atoms with Crippen LogP contribution in [-0.2, 0) is 0 Å². The second kappa shape index (κ2) is 5.55. The zero-order valence-electron chi connectivity index (χ0n) is 13.6. The molecule has 2 unspecified atom stereocenters. The highest BCUT2D eigenvalue weighted by atomic mass is 15.1. The largest absolute Gasteiger partial charge is 0.372 e. The van der Waals surface area contributed by atoms with E-state index in [0.29, 0.717) is 11.8 Å². The normalized spacial score (nSPS) is 23.0. The fourth-order valence-corrected chi connectivity index (χ4v) is 3.58. The molecule has 2 aliphatic carbocycles. The number of allylic oxidation sites excluding steroid dienone is 5. The molecule has 0 saturated heterocycles. The number of rotatable bonds is 3. The van der Waals surface area contributed by atoms with Crippen LogP contribution in [-0.4, -0.2) is 18.0 Å². The third-order valence-corrected chi connectivity index (χ3v) is 4.74. The minimum Gasteiger partial charge on any atom is -0.372 e. The third-order valence-electron chi connectivity index (χ3n) is 4.74. The van der Waals surface area contributed by atoms with Crippen LogP contribution in [0.25, 0.3) is 5.70 Å². The first-order valence-corrected chi connectivity index (χ1v) is 8.08. The van der Waals surface area contributed by atoms with Gasteiger partial charge in [0.2, 0.25) is 0 Å². The second-order valence-corrected chi connectivity index (χ2v) is 6.19. The summed E-state index contributed by atoms with van der Waals surface area (Å²) >= 11 is 0. The Hall–Kier alpha value is -1.76. The predicted octanol–water partition coefficient (Wildman–Crippen LogP) is 4.91. The van der Waals surface area contributed by atoms with Gasteiger partial charge in [-0.05, 0) is 39.3 Å². The van der Waals surface area contributed by atoms with E-state index >= 15 is 0 Å². The Kier molecular flexibility index (Phi) is 3.75. The molecular formula is C20H25N. The van der Waals surface area contributed by atoms with Gasteiger partial charge in [-0.1, -0.05) is 47.6 Å². The quantitative estimate of drug-likeness (QED) is 0.760. The molecule has 1 nitrogen and oxygen atoms in total. The Morgan fingerprint density at radius 1 is 1.05 bits per heavy atom. The van der Waals surface area contributed by atoms with Crippen molar-refractivity contribution in [1.29, 1.82) is 0 Å². The molecule has 2 atom stereocenters. The molecule has 0 spiro atoms. The average Bonchev–Trinajstić information content (AvgIpc) is 2.48. The van der Waals surface area contributed by atoms with Gasteiger partial charge in [0.25, 0.3) is 0 Å². The molecule has 0 N–H and O–H groups in total. The van der Waals surface area contributed by atoms with E-state index in [0.717, 1.165) is 13.1 Å². The van der Waals surface area contributed by atoms with E-state index < -0.39 is 0 Å². The molecule has 0 fully saturated rings. The zero-order chi connectivity index (χ0) is 15.0. The van der Waals surface area contributed by atoms with Crippen LogP contribution in [0, 0.1) is 12.8 Å². The topological polar surface area (TPSA) is 3.24 Å². The highest BCUT2D eigenvalue weighted by molar-refractivity contribution is 5.72. The first-order chi connectivity index (χ1) is 10.1. The van der Waals surface area contributed by atoms with E-state index in [4.69, 9.17) is 0 Å². The van der Waals surface area contributed by atoms with Crippen LogP contribution in [0.4, 0.5) is 0 Å². The van der Waals surface area contributed by atoms with Crippen molar-refractivity contribution >= 4 is 5.70 Å². The molecule has 0 aromatic heterocycles. The molecular weight excluding hydrogens is 254 g/mol. The van der Waals surface area contributed by atoms with Crippen LogP contribution >= 0.6 is 0 Å². The molecule has 3 rings (SSSR count). The van der Waals surface area contributed by atoms with E-state index in [1.54, 1.807) is 0 Å². The molecule has 1 aromatic rings. The second-order valence-electron chi connectivity index (χ2n) is 6.19. The molecule has 1 heteroatoms. The zero-order valence-corrected chi connectivity index (χ0v) is 13.6. The lowest BCUT2D eigenvalue weighted by Gasteiger charge is -2.36. The maximum Gasteiger partial charge on any atom is 0.0408 e. The Morgan fingerprint density at radius 2 is 1.81 bits per heavy atom. The van der Waals surface area contributed by atoms with Crippen molar-refractivity contribution in [2.45, 2.75) is 33.6 Å². The van der Waals surface area contributed by atoms with Crippen molar-refractivity contribution in [1.82, 2.24) is 4.90 Å². The lowest BCUT2D eigenvalue weighted by atomic mass is 9.74. The minimum absolute atomic E-state index is 0.500. The number of hydrogen-bond donors (Lipinski definition) is 0. The molecule has 0 amide bonds. The van der Waals surface area contributed by atoms with Gasteiger partial charge in [-0.25, -0.2) is 0 Å². The fourth-order valence-electron chi connectivity index (χ4n) is 3.58. The van der Waals surface area contributed by atoms with Crippen LogP contribution < -0.4 is 0 Å². The van der Waals surface area contributed by atoms with Gasteiger partial charge in [0.05, 0.1) is 0 Å². The Bertz CT molecular complexity index is 629. The number of nitrogens with zero attached hydrogens (tertiary/aromatic N) is 1. The summed E-state index contributed by atoms with van der Waals surface area (Å²) in [5, 5.41) is 0. The Morgan fingerprint density at radius 3 is 2.52 bits per heavy atom. The van der Waals surface area contributed by atoms with Gasteiger partial charge in [0, 0.05) is 36.2 Å². The van der Waals surface area contributed by atoms with Crippen molar-refractivity contribution in [2.75, 3.05) is 13.1 Å². The molecule has 0 bridgehead atoms. The number of aryl methyl sites for hydroxylation is 1. The summed E-state index contributed by atoms with van der Waals surface area (Å²) in [4.78, 5) is 2.48. The third kappa shape index (κ3) is 2.46. The van der Waals surface area contributed by atoms with Crippen molar-refractivity contribution in [2.24, 2.45) is 5.92 Å². The molecule has 0 saturated carbocycles. The van der Waals surface area contributed by atoms with E-state index in [1.807, 2.05) is 0 Å². The van der Waals surface area contributed by atoms with Gasteiger partial charge in [-0.3, -0.25) is 0 Å². The first-order valence-electron chi connectivity index (χ1n) is 8.08. The molecule has 1 aromatic carbocycles. The SMILES string of the molecule is CCN(CC)C1=CC2C=CC(C)=CC2c2ccc(C)cc21. The fraction of sp³-hybridized carbons (Fsp3) is 0.400. The van der Waals surface area contributed by atoms with Crippen LogP contribution in [0.1, 0.15) is 43.4 Å². The van der Waals surface area contributed by atoms with Crippen LogP contribution in [0.15, 0.2) is 48.1 Å². The van der Waals surface area contributed by atoms with Crippen molar-refractivity contribution in [3.63, 3.8) is 0 Å². The maximum atomic E-state index is 2.48. The van der Waals surface area contributed by atoms with Crippen molar-refractivity contribution < 1.29 is 0 Å². The van der Waals surface area contributed by atoms with Gasteiger partial charge in [-0.2, -0.15) is 0 Å². The molecule has 2 aliphatic rings. The van der Waals surface area contributed by atoms with Crippen molar-refractivity contribution in [3.8, 4) is 0 Å². The number of benzene rings is 1. The summed E-state index contributed by atoms with van der Waals surface area (Å²) in [6.45, 7) is 11.0. The monoisotopic (exact) mass is 279 g/mol. The average molecular weight is 279 g/mol. The lowest BCUT2D eigenvalue weighted by molar-refractivity contribution is 0.434. The standard InChI is InChI=1S/C20H25N/c1-5-21(6-2)20-13-16-9-7-14(3)11-18(16)17-10-8-15(4)12-19(17)20/h7-13,16,18H,5-6H2,1-4H3. The van der Waals surface area contributed by atoms with Crippen LogP contribution in [0.2, 0.25) is 0 Å². The molecule has 0 aliphatic heterocycles. The Balaban J connectivity index is 2.15. The van der Waals surface area contributed by atoms with Gasteiger partial charge >= 0.3 is 0 Å². The van der Waals surface area contributed by atoms with Gasteiger partial charge < -0.3 is 4.90 Å². The summed E-state index contributed by atoms with van der Waals surface area (Å²) in [7, 11) is 0. The van der Waals surface area contributed by atoms with Gasteiger partial charge in [0.1, 0.15) is 0 Å².